The van der Waals surface area contributed by atoms with E-state index in [-0.39, 0.29) is 17.7 Å². The van der Waals surface area contributed by atoms with Crippen LogP contribution >= 0.6 is 11.3 Å². The van der Waals surface area contributed by atoms with Crippen molar-refractivity contribution in [3.63, 3.8) is 0 Å². The molecule has 7 heteroatoms. The molecule has 1 unspecified atom stereocenters. The largest absolute Gasteiger partial charge is 0.342 e. The van der Waals surface area contributed by atoms with Gasteiger partial charge in [-0.05, 0) is 36.4 Å². The molecule has 0 aliphatic carbocycles. The number of para-hydroxylation sites is 1. The molecule has 156 valence electrons. The van der Waals surface area contributed by atoms with Gasteiger partial charge in [0.25, 0.3) is 0 Å². The van der Waals surface area contributed by atoms with Gasteiger partial charge < -0.3 is 9.80 Å². The standard InChI is InChI=1S/C23H26N4O2S/c1-17(28)26-12-6-8-18(15-26)23(29)25(2)14-19-16-27(20-9-4-3-5-10-20)24-22(19)21-11-7-13-30-21/h3-5,7,9-11,13,16,18H,6,8,12,14-15H2,1-2H3. The Labute approximate surface area is 180 Å². The molecule has 6 nitrogen and oxygen atoms in total. The lowest BCUT2D eigenvalue weighted by Crippen LogP contribution is -2.45. The summed E-state index contributed by atoms with van der Waals surface area (Å²) in [5.41, 5.74) is 2.90. The molecule has 30 heavy (non-hydrogen) atoms. The van der Waals surface area contributed by atoms with Crippen LogP contribution in [0.2, 0.25) is 0 Å². The zero-order valence-corrected chi connectivity index (χ0v) is 18.1. The normalized spacial score (nSPS) is 16.5. The van der Waals surface area contributed by atoms with Crippen molar-refractivity contribution in [2.75, 3.05) is 20.1 Å². The van der Waals surface area contributed by atoms with Crippen LogP contribution in [0.25, 0.3) is 16.3 Å². The van der Waals surface area contributed by atoms with E-state index in [2.05, 4.69) is 6.07 Å². The van der Waals surface area contributed by atoms with Gasteiger partial charge in [0.1, 0.15) is 5.69 Å². The lowest BCUT2D eigenvalue weighted by atomic mass is 9.96. The van der Waals surface area contributed by atoms with E-state index in [1.807, 2.05) is 59.7 Å². The van der Waals surface area contributed by atoms with Crippen LogP contribution in [0.15, 0.2) is 54.0 Å². The van der Waals surface area contributed by atoms with Crippen molar-refractivity contribution in [1.29, 1.82) is 0 Å². The number of amides is 2. The number of benzene rings is 1. The number of likely N-dealkylation sites (tertiary alicyclic amines) is 1. The second kappa shape index (κ2) is 8.83. The van der Waals surface area contributed by atoms with Crippen molar-refractivity contribution in [2.45, 2.75) is 26.3 Å². The summed E-state index contributed by atoms with van der Waals surface area (Å²) >= 11 is 1.64. The van der Waals surface area contributed by atoms with Gasteiger partial charge in [-0.15, -0.1) is 11.3 Å². The first kappa shape index (κ1) is 20.3. The van der Waals surface area contributed by atoms with Gasteiger partial charge in [-0.25, -0.2) is 4.68 Å². The number of hydrogen-bond acceptors (Lipinski definition) is 4. The highest BCUT2D eigenvalue weighted by molar-refractivity contribution is 7.13. The van der Waals surface area contributed by atoms with E-state index in [4.69, 9.17) is 5.10 Å². The van der Waals surface area contributed by atoms with Gasteiger partial charge in [0.2, 0.25) is 11.8 Å². The van der Waals surface area contributed by atoms with E-state index in [1.165, 1.54) is 0 Å². The van der Waals surface area contributed by atoms with Crippen LogP contribution < -0.4 is 0 Å². The number of piperidine rings is 1. The Morgan fingerprint density at radius 1 is 1.20 bits per heavy atom. The number of aromatic nitrogens is 2. The van der Waals surface area contributed by atoms with Crippen molar-refractivity contribution in [1.82, 2.24) is 19.6 Å². The summed E-state index contributed by atoms with van der Waals surface area (Å²) in [4.78, 5) is 29.5. The zero-order chi connectivity index (χ0) is 21.1. The van der Waals surface area contributed by atoms with Crippen LogP contribution in [-0.2, 0) is 16.1 Å². The predicted octanol–water partition coefficient (Wildman–Crippen LogP) is 3.82. The Bertz CT molecular complexity index is 1010. The van der Waals surface area contributed by atoms with E-state index in [0.717, 1.165) is 41.2 Å². The fourth-order valence-corrected chi connectivity index (χ4v) is 4.71. The summed E-state index contributed by atoms with van der Waals surface area (Å²) in [6.07, 6.45) is 3.71. The van der Waals surface area contributed by atoms with Crippen molar-refractivity contribution in [3.8, 4) is 16.3 Å². The number of hydrogen-bond donors (Lipinski definition) is 0. The lowest BCUT2D eigenvalue weighted by Gasteiger charge is -2.33. The monoisotopic (exact) mass is 422 g/mol. The molecule has 1 aliphatic heterocycles. The van der Waals surface area contributed by atoms with Gasteiger partial charge >= 0.3 is 0 Å². The molecule has 0 saturated carbocycles. The minimum absolute atomic E-state index is 0.0410. The van der Waals surface area contributed by atoms with Crippen molar-refractivity contribution in [3.05, 3.63) is 59.6 Å². The molecule has 0 bridgehead atoms. The molecule has 1 saturated heterocycles. The molecule has 2 amide bonds. The molecule has 1 atom stereocenters. The number of nitrogens with zero attached hydrogens (tertiary/aromatic N) is 4. The quantitative estimate of drug-likeness (QED) is 0.628. The van der Waals surface area contributed by atoms with Gasteiger partial charge in [-0.2, -0.15) is 5.10 Å². The summed E-state index contributed by atoms with van der Waals surface area (Å²) in [5.74, 6) is -0.00758. The van der Waals surface area contributed by atoms with Crippen molar-refractivity contribution in [2.24, 2.45) is 5.92 Å². The third kappa shape index (κ3) is 4.31. The molecular weight excluding hydrogens is 396 g/mol. The Hall–Kier alpha value is -2.93. The molecule has 3 heterocycles. The van der Waals surface area contributed by atoms with E-state index >= 15 is 0 Å². The minimum Gasteiger partial charge on any atom is -0.342 e. The van der Waals surface area contributed by atoms with Crippen molar-refractivity contribution >= 4 is 23.2 Å². The highest BCUT2D eigenvalue weighted by Gasteiger charge is 2.29. The van der Waals surface area contributed by atoms with Crippen LogP contribution in [0, 0.1) is 5.92 Å². The first-order valence-electron chi connectivity index (χ1n) is 10.2. The van der Waals surface area contributed by atoms with E-state index < -0.39 is 0 Å². The number of thiophene rings is 1. The average molecular weight is 423 g/mol. The van der Waals surface area contributed by atoms with Gasteiger partial charge in [0.15, 0.2) is 0 Å². The smallest absolute Gasteiger partial charge is 0.227 e. The third-order valence-corrected chi connectivity index (χ3v) is 6.44. The Morgan fingerprint density at radius 3 is 2.70 bits per heavy atom. The highest BCUT2D eigenvalue weighted by atomic mass is 32.1. The summed E-state index contributed by atoms with van der Waals surface area (Å²) in [5, 5.41) is 6.85. The van der Waals surface area contributed by atoms with Crippen LogP contribution in [0.4, 0.5) is 0 Å². The van der Waals surface area contributed by atoms with E-state index in [9.17, 15) is 9.59 Å². The molecule has 2 aromatic heterocycles. The van der Waals surface area contributed by atoms with Crippen LogP contribution in [0.5, 0.6) is 0 Å². The maximum Gasteiger partial charge on any atom is 0.227 e. The van der Waals surface area contributed by atoms with E-state index in [1.54, 1.807) is 28.1 Å². The highest BCUT2D eigenvalue weighted by Crippen LogP contribution is 2.29. The molecule has 1 fully saturated rings. The molecule has 1 aliphatic rings. The van der Waals surface area contributed by atoms with Crippen LogP contribution in [-0.4, -0.2) is 51.5 Å². The molecule has 0 N–H and O–H groups in total. The third-order valence-electron chi connectivity index (χ3n) is 5.57. The summed E-state index contributed by atoms with van der Waals surface area (Å²) < 4.78 is 1.88. The molecule has 1 aromatic carbocycles. The summed E-state index contributed by atoms with van der Waals surface area (Å²) in [7, 11) is 1.84. The van der Waals surface area contributed by atoms with Gasteiger partial charge in [-0.3, -0.25) is 9.59 Å². The zero-order valence-electron chi connectivity index (χ0n) is 17.3. The average Bonchev–Trinajstić information content (AvgIpc) is 3.44. The first-order chi connectivity index (χ1) is 14.5. The fourth-order valence-electron chi connectivity index (χ4n) is 3.97. The predicted molar refractivity (Wildman–Crippen MR) is 118 cm³/mol. The molecule has 0 radical (unpaired) electrons. The van der Waals surface area contributed by atoms with Crippen LogP contribution in [0.1, 0.15) is 25.3 Å². The molecular formula is C23H26N4O2S. The van der Waals surface area contributed by atoms with Crippen molar-refractivity contribution < 1.29 is 9.59 Å². The molecule has 4 rings (SSSR count). The number of rotatable bonds is 5. The Balaban J connectivity index is 1.56. The maximum absolute atomic E-state index is 13.1. The summed E-state index contributed by atoms with van der Waals surface area (Å²) in [6.45, 7) is 3.31. The number of carbonyl (C=O) groups is 2. The van der Waals surface area contributed by atoms with E-state index in [0.29, 0.717) is 13.1 Å². The Morgan fingerprint density at radius 2 is 2.00 bits per heavy atom. The fraction of sp³-hybridized carbons (Fsp3) is 0.348. The van der Waals surface area contributed by atoms with Crippen LogP contribution in [0.3, 0.4) is 0 Å². The second-order valence-corrected chi connectivity index (χ2v) is 8.71. The summed E-state index contributed by atoms with van der Waals surface area (Å²) in [6, 6.07) is 14.1. The maximum atomic E-state index is 13.1. The SMILES string of the molecule is CC(=O)N1CCCC(C(=O)N(C)Cc2cn(-c3ccccc3)nc2-c2cccs2)C1. The van der Waals surface area contributed by atoms with Gasteiger partial charge in [-0.1, -0.05) is 24.3 Å². The minimum atomic E-state index is -0.137. The molecule has 3 aromatic rings. The Kier molecular flexibility index (Phi) is 5.99. The second-order valence-electron chi connectivity index (χ2n) is 7.76. The molecule has 0 spiro atoms. The lowest BCUT2D eigenvalue weighted by molar-refractivity contribution is -0.139. The number of carbonyl (C=O) groups excluding carboxylic acids is 2. The first-order valence-corrected chi connectivity index (χ1v) is 11.1. The van der Waals surface area contributed by atoms with Gasteiger partial charge in [0.05, 0.1) is 16.5 Å². The topological polar surface area (TPSA) is 58.4 Å². The van der Waals surface area contributed by atoms with Gasteiger partial charge in [0, 0.05) is 45.4 Å².